The zero-order valence-corrected chi connectivity index (χ0v) is 19.7. The van der Waals surface area contributed by atoms with E-state index in [1.165, 1.54) is 18.2 Å². The van der Waals surface area contributed by atoms with Gasteiger partial charge in [0, 0.05) is 23.2 Å². The Morgan fingerprint density at radius 1 is 1.19 bits per heavy atom. The highest BCUT2D eigenvalue weighted by atomic mass is 32.2. The zero-order chi connectivity index (χ0) is 23.1. The molecule has 1 heterocycles. The molecule has 3 aromatic rings. The lowest BCUT2D eigenvalue weighted by Crippen LogP contribution is -2.30. The van der Waals surface area contributed by atoms with Gasteiger partial charge in [0.15, 0.2) is 0 Å². The van der Waals surface area contributed by atoms with Crippen LogP contribution in [0.15, 0.2) is 64.9 Å². The quantitative estimate of drug-likeness (QED) is 0.452. The lowest BCUT2D eigenvalue weighted by Gasteiger charge is -2.10. The summed E-state index contributed by atoms with van der Waals surface area (Å²) in [5.74, 6) is 0.357. The summed E-state index contributed by atoms with van der Waals surface area (Å²) in [5.41, 5.74) is 2.19. The van der Waals surface area contributed by atoms with E-state index in [0.717, 1.165) is 16.3 Å². The van der Waals surface area contributed by atoms with Gasteiger partial charge in [-0.05, 0) is 68.8 Å². The number of hydrogen-bond donors (Lipinski definition) is 2. The van der Waals surface area contributed by atoms with E-state index in [4.69, 9.17) is 4.74 Å². The standard InChI is InChI=1S/C23H25N3O4S2/c1-16(2)26-32(28,29)22-10-8-19(9-11-22)25-23(27)12-7-18-5-4-6-21(13-18)30-14-20-15-31-17(3)24-20/h4-13,15-16,26H,14H2,1-3H3,(H,25,27)/b12-7+. The van der Waals surface area contributed by atoms with E-state index in [2.05, 4.69) is 15.0 Å². The van der Waals surface area contributed by atoms with Crippen molar-refractivity contribution in [1.29, 1.82) is 0 Å². The van der Waals surface area contributed by atoms with Gasteiger partial charge in [0.1, 0.15) is 12.4 Å². The second kappa shape index (κ2) is 10.5. The lowest BCUT2D eigenvalue weighted by molar-refractivity contribution is -0.111. The van der Waals surface area contributed by atoms with E-state index in [0.29, 0.717) is 18.0 Å². The Balaban J connectivity index is 1.57. The molecule has 0 unspecified atom stereocenters. The van der Waals surface area contributed by atoms with Crippen molar-refractivity contribution in [3.8, 4) is 5.75 Å². The number of anilines is 1. The maximum Gasteiger partial charge on any atom is 0.248 e. The van der Waals surface area contributed by atoms with Gasteiger partial charge in [0.25, 0.3) is 0 Å². The van der Waals surface area contributed by atoms with Gasteiger partial charge in [-0.15, -0.1) is 11.3 Å². The first-order valence-electron chi connectivity index (χ1n) is 9.96. The van der Waals surface area contributed by atoms with E-state index in [1.807, 2.05) is 36.6 Å². The smallest absolute Gasteiger partial charge is 0.248 e. The third-order valence-electron chi connectivity index (χ3n) is 4.16. The van der Waals surface area contributed by atoms with Crippen LogP contribution >= 0.6 is 11.3 Å². The van der Waals surface area contributed by atoms with Crippen LogP contribution in [-0.2, 0) is 21.4 Å². The van der Waals surface area contributed by atoms with Crippen molar-refractivity contribution in [2.45, 2.75) is 38.3 Å². The molecule has 0 atom stereocenters. The summed E-state index contributed by atoms with van der Waals surface area (Å²) in [6.45, 7) is 5.84. The molecule has 0 radical (unpaired) electrons. The van der Waals surface area contributed by atoms with E-state index in [9.17, 15) is 13.2 Å². The minimum Gasteiger partial charge on any atom is -0.487 e. The molecule has 0 bridgehead atoms. The maximum atomic E-state index is 12.2. The summed E-state index contributed by atoms with van der Waals surface area (Å²) in [7, 11) is -3.57. The summed E-state index contributed by atoms with van der Waals surface area (Å²) in [4.78, 5) is 16.8. The minimum absolute atomic E-state index is 0.143. The van der Waals surface area contributed by atoms with Crippen molar-refractivity contribution in [3.63, 3.8) is 0 Å². The van der Waals surface area contributed by atoms with Crippen molar-refractivity contribution in [3.05, 3.63) is 76.3 Å². The van der Waals surface area contributed by atoms with E-state index >= 15 is 0 Å². The van der Waals surface area contributed by atoms with Crippen LogP contribution in [-0.4, -0.2) is 25.4 Å². The summed E-state index contributed by atoms with van der Waals surface area (Å²) in [6, 6.07) is 13.2. The SMILES string of the molecule is Cc1nc(COc2cccc(/C=C/C(=O)Nc3ccc(S(=O)(=O)NC(C)C)cc3)c2)cs1. The third-order valence-corrected chi connectivity index (χ3v) is 6.66. The topological polar surface area (TPSA) is 97.4 Å². The van der Waals surface area contributed by atoms with Gasteiger partial charge in [-0.2, -0.15) is 0 Å². The number of aryl methyl sites for hydroxylation is 1. The third kappa shape index (κ3) is 7.01. The molecule has 168 valence electrons. The fourth-order valence-electron chi connectivity index (χ4n) is 2.79. The van der Waals surface area contributed by atoms with Gasteiger partial charge in [-0.1, -0.05) is 12.1 Å². The molecule has 0 spiro atoms. The number of carbonyl (C=O) groups excluding carboxylic acids is 1. The van der Waals surface area contributed by atoms with E-state index in [1.54, 1.807) is 43.4 Å². The van der Waals surface area contributed by atoms with Crippen LogP contribution in [0.25, 0.3) is 6.08 Å². The molecule has 9 heteroatoms. The predicted molar refractivity (Wildman–Crippen MR) is 127 cm³/mol. The number of hydrogen-bond acceptors (Lipinski definition) is 6. The number of sulfonamides is 1. The molecule has 0 aliphatic carbocycles. The Morgan fingerprint density at radius 3 is 2.59 bits per heavy atom. The molecule has 0 aliphatic rings. The van der Waals surface area contributed by atoms with Crippen molar-refractivity contribution >= 4 is 39.0 Å². The molecule has 1 amide bonds. The first kappa shape index (κ1) is 23.6. The number of thiazole rings is 1. The number of carbonyl (C=O) groups is 1. The van der Waals surface area contributed by atoms with Gasteiger partial charge >= 0.3 is 0 Å². The summed E-state index contributed by atoms with van der Waals surface area (Å²) >= 11 is 1.58. The van der Waals surface area contributed by atoms with Crippen LogP contribution in [0.5, 0.6) is 5.75 Å². The summed E-state index contributed by atoms with van der Waals surface area (Å²) < 4.78 is 32.6. The van der Waals surface area contributed by atoms with Crippen molar-refractivity contribution in [2.75, 3.05) is 5.32 Å². The molecule has 2 N–H and O–H groups in total. The van der Waals surface area contributed by atoms with E-state index < -0.39 is 10.0 Å². The molecule has 0 saturated heterocycles. The highest BCUT2D eigenvalue weighted by Crippen LogP contribution is 2.18. The first-order valence-corrected chi connectivity index (χ1v) is 12.3. The maximum absolute atomic E-state index is 12.2. The second-order valence-corrected chi connectivity index (χ2v) is 10.1. The fraction of sp³-hybridized carbons (Fsp3) is 0.217. The Morgan fingerprint density at radius 2 is 1.94 bits per heavy atom. The number of nitrogens with one attached hydrogen (secondary N) is 2. The van der Waals surface area contributed by atoms with Gasteiger partial charge < -0.3 is 10.1 Å². The van der Waals surface area contributed by atoms with Crippen LogP contribution in [0.4, 0.5) is 5.69 Å². The summed E-state index contributed by atoms with van der Waals surface area (Å²) in [5, 5.41) is 5.68. The Kier molecular flexibility index (Phi) is 7.79. The molecule has 1 aromatic heterocycles. The Bertz CT molecular complexity index is 1200. The van der Waals surface area contributed by atoms with Crippen molar-refractivity contribution < 1.29 is 17.9 Å². The van der Waals surface area contributed by atoms with Gasteiger partial charge in [0.05, 0.1) is 15.6 Å². The van der Waals surface area contributed by atoms with Crippen LogP contribution in [0.2, 0.25) is 0 Å². The highest BCUT2D eigenvalue weighted by molar-refractivity contribution is 7.89. The minimum atomic E-state index is -3.57. The van der Waals surface area contributed by atoms with Gasteiger partial charge in [-0.3, -0.25) is 4.79 Å². The lowest BCUT2D eigenvalue weighted by atomic mass is 10.2. The number of benzene rings is 2. The number of ether oxygens (including phenoxy) is 1. The highest BCUT2D eigenvalue weighted by Gasteiger charge is 2.15. The first-order chi connectivity index (χ1) is 15.2. The monoisotopic (exact) mass is 471 g/mol. The number of rotatable bonds is 9. The molecule has 2 aromatic carbocycles. The average molecular weight is 472 g/mol. The Labute approximate surface area is 192 Å². The van der Waals surface area contributed by atoms with Crippen LogP contribution < -0.4 is 14.8 Å². The molecular formula is C23H25N3O4S2. The van der Waals surface area contributed by atoms with Gasteiger partial charge in [0.2, 0.25) is 15.9 Å². The molecule has 0 saturated carbocycles. The molecule has 32 heavy (non-hydrogen) atoms. The largest absolute Gasteiger partial charge is 0.487 e. The molecular weight excluding hydrogens is 446 g/mol. The second-order valence-electron chi connectivity index (χ2n) is 7.34. The molecule has 3 rings (SSSR count). The summed E-state index contributed by atoms with van der Waals surface area (Å²) in [6.07, 6.45) is 3.09. The van der Waals surface area contributed by atoms with Crippen LogP contribution in [0, 0.1) is 6.92 Å². The number of aromatic nitrogens is 1. The van der Waals surface area contributed by atoms with E-state index in [-0.39, 0.29) is 16.8 Å². The molecule has 0 fully saturated rings. The number of nitrogens with zero attached hydrogens (tertiary/aromatic N) is 1. The normalized spacial score (nSPS) is 11.8. The molecule has 7 nitrogen and oxygen atoms in total. The van der Waals surface area contributed by atoms with Crippen LogP contribution in [0.1, 0.15) is 30.1 Å². The fourth-order valence-corrected chi connectivity index (χ4v) is 4.64. The number of amides is 1. The van der Waals surface area contributed by atoms with Crippen molar-refractivity contribution in [1.82, 2.24) is 9.71 Å². The Hall–Kier alpha value is -3.01. The molecule has 0 aliphatic heterocycles. The predicted octanol–water partition coefficient (Wildman–Crippen LogP) is 4.37. The zero-order valence-electron chi connectivity index (χ0n) is 18.0. The van der Waals surface area contributed by atoms with Crippen LogP contribution in [0.3, 0.4) is 0 Å². The van der Waals surface area contributed by atoms with Crippen molar-refractivity contribution in [2.24, 2.45) is 0 Å². The van der Waals surface area contributed by atoms with Gasteiger partial charge in [-0.25, -0.2) is 18.1 Å². The average Bonchev–Trinajstić information content (AvgIpc) is 3.16.